The first-order valence-electron chi connectivity index (χ1n) is 11.9. The number of piperidine rings is 1. The first-order chi connectivity index (χ1) is 15.9. The third-order valence-corrected chi connectivity index (χ3v) is 6.25. The van der Waals surface area contributed by atoms with Crippen molar-refractivity contribution in [3.63, 3.8) is 0 Å². The average Bonchev–Trinajstić information content (AvgIpc) is 3.27. The fourth-order valence-electron chi connectivity index (χ4n) is 4.42. The van der Waals surface area contributed by atoms with Gasteiger partial charge in [-0.25, -0.2) is 15.0 Å². The second kappa shape index (κ2) is 8.93. The number of nitrogens with zero attached hydrogens (tertiary/aromatic N) is 6. The number of rotatable bonds is 5. The molecule has 0 N–H and O–H groups in total. The van der Waals surface area contributed by atoms with Crippen LogP contribution in [-0.4, -0.2) is 37.4 Å². The summed E-state index contributed by atoms with van der Waals surface area (Å²) in [6.45, 7) is 8.71. The highest BCUT2D eigenvalue weighted by Crippen LogP contribution is 2.23. The molecule has 4 aromatic rings. The molecule has 5 rings (SSSR count). The first-order valence-corrected chi connectivity index (χ1v) is 11.9. The van der Waals surface area contributed by atoms with Gasteiger partial charge in [-0.3, -0.25) is 4.98 Å². The van der Waals surface area contributed by atoms with Crippen LogP contribution in [0.1, 0.15) is 68.5 Å². The van der Waals surface area contributed by atoms with Crippen molar-refractivity contribution >= 4 is 11.5 Å². The molecule has 0 radical (unpaired) electrons. The molecule has 5 heterocycles. The van der Waals surface area contributed by atoms with E-state index < -0.39 is 0 Å². The highest BCUT2D eigenvalue weighted by Gasteiger charge is 2.18. The second-order valence-electron chi connectivity index (χ2n) is 10.0. The molecular formula is C27H32N6. The average molecular weight is 441 g/mol. The highest BCUT2D eigenvalue weighted by atomic mass is 15.2. The molecule has 1 fully saturated rings. The van der Waals surface area contributed by atoms with Gasteiger partial charge in [0.1, 0.15) is 17.3 Å². The summed E-state index contributed by atoms with van der Waals surface area (Å²) in [6.07, 6.45) is 11.0. The molecule has 1 aliphatic heterocycles. The van der Waals surface area contributed by atoms with Gasteiger partial charge in [-0.1, -0.05) is 26.8 Å². The molecule has 1 aliphatic rings. The van der Waals surface area contributed by atoms with Gasteiger partial charge in [0.05, 0.1) is 12.1 Å². The zero-order valence-electron chi connectivity index (χ0n) is 19.8. The SMILES string of the molecule is CC(C)(C)c1cccc(Cc2nc(Cc3ccn4ccnc4c3)cc(N3CCCCC3)n2)n1. The van der Waals surface area contributed by atoms with Gasteiger partial charge in [-0.2, -0.15) is 0 Å². The molecular weight excluding hydrogens is 408 g/mol. The zero-order chi connectivity index (χ0) is 22.8. The maximum Gasteiger partial charge on any atom is 0.136 e. The number of anilines is 1. The fourth-order valence-corrected chi connectivity index (χ4v) is 4.42. The summed E-state index contributed by atoms with van der Waals surface area (Å²) < 4.78 is 2.03. The molecule has 0 spiro atoms. The van der Waals surface area contributed by atoms with Gasteiger partial charge in [0.25, 0.3) is 0 Å². The summed E-state index contributed by atoms with van der Waals surface area (Å²) in [7, 11) is 0. The lowest BCUT2D eigenvalue weighted by atomic mass is 9.91. The number of hydrogen-bond acceptors (Lipinski definition) is 5. The van der Waals surface area contributed by atoms with Crippen LogP contribution in [0.15, 0.2) is 55.0 Å². The van der Waals surface area contributed by atoms with Crippen molar-refractivity contribution in [2.75, 3.05) is 18.0 Å². The Hall–Kier alpha value is -3.28. The molecule has 0 bridgehead atoms. The summed E-state index contributed by atoms with van der Waals surface area (Å²) in [4.78, 5) is 21.7. The minimum absolute atomic E-state index is 0.0170. The smallest absolute Gasteiger partial charge is 0.136 e. The van der Waals surface area contributed by atoms with E-state index in [4.69, 9.17) is 15.0 Å². The van der Waals surface area contributed by atoms with E-state index >= 15 is 0 Å². The maximum absolute atomic E-state index is 4.99. The Morgan fingerprint density at radius 1 is 0.848 bits per heavy atom. The van der Waals surface area contributed by atoms with Crippen LogP contribution in [0.3, 0.4) is 0 Å². The van der Waals surface area contributed by atoms with Crippen LogP contribution < -0.4 is 4.90 Å². The lowest BCUT2D eigenvalue weighted by Gasteiger charge is -2.28. The van der Waals surface area contributed by atoms with Crippen molar-refractivity contribution in [1.29, 1.82) is 0 Å². The largest absolute Gasteiger partial charge is 0.357 e. The Labute approximate surface area is 195 Å². The normalized spacial score (nSPS) is 14.7. The summed E-state index contributed by atoms with van der Waals surface area (Å²) in [5, 5.41) is 0. The van der Waals surface area contributed by atoms with Crippen molar-refractivity contribution in [3.8, 4) is 0 Å². The molecule has 6 heteroatoms. The Morgan fingerprint density at radius 3 is 2.52 bits per heavy atom. The Bertz CT molecular complexity index is 1250. The van der Waals surface area contributed by atoms with Gasteiger partial charge in [-0.15, -0.1) is 0 Å². The van der Waals surface area contributed by atoms with E-state index in [0.29, 0.717) is 6.42 Å². The summed E-state index contributed by atoms with van der Waals surface area (Å²) in [6, 6.07) is 12.7. The van der Waals surface area contributed by atoms with E-state index in [0.717, 1.165) is 53.9 Å². The van der Waals surface area contributed by atoms with Crippen LogP contribution in [0.5, 0.6) is 0 Å². The third kappa shape index (κ3) is 5.05. The fraction of sp³-hybridized carbons (Fsp3) is 0.407. The molecule has 6 nitrogen and oxygen atoms in total. The van der Waals surface area contributed by atoms with Gasteiger partial charge in [0, 0.05) is 61.0 Å². The Balaban J connectivity index is 1.47. The Kier molecular flexibility index (Phi) is 5.83. The lowest BCUT2D eigenvalue weighted by Crippen LogP contribution is -2.30. The van der Waals surface area contributed by atoms with Crippen LogP contribution in [0.4, 0.5) is 5.82 Å². The molecule has 170 valence electrons. The van der Waals surface area contributed by atoms with Gasteiger partial charge in [0.15, 0.2) is 0 Å². The standard InChI is InChI=1S/C27H32N6/c1-27(2,3)23-9-7-8-21(29-23)18-24-30-22(19-26(31-24)32-12-5-4-6-13-32)16-20-10-14-33-15-11-28-25(33)17-20/h7-11,14-15,17,19H,4-6,12-13,16,18H2,1-3H3. The van der Waals surface area contributed by atoms with Crippen molar-refractivity contribution in [3.05, 3.63) is 83.5 Å². The Morgan fingerprint density at radius 2 is 1.70 bits per heavy atom. The number of fused-ring (bicyclic) bond motifs is 1. The van der Waals surface area contributed by atoms with E-state index in [1.54, 1.807) is 0 Å². The minimum atomic E-state index is 0.0170. The summed E-state index contributed by atoms with van der Waals surface area (Å²) in [5.74, 6) is 1.89. The van der Waals surface area contributed by atoms with E-state index in [1.165, 1.54) is 24.8 Å². The zero-order valence-corrected chi connectivity index (χ0v) is 19.8. The monoisotopic (exact) mass is 440 g/mol. The van der Waals surface area contributed by atoms with Gasteiger partial charge in [0.2, 0.25) is 0 Å². The van der Waals surface area contributed by atoms with E-state index in [9.17, 15) is 0 Å². The van der Waals surface area contributed by atoms with Crippen LogP contribution >= 0.6 is 0 Å². The number of pyridine rings is 2. The number of aromatic nitrogens is 5. The molecule has 0 aliphatic carbocycles. The molecule has 33 heavy (non-hydrogen) atoms. The second-order valence-corrected chi connectivity index (χ2v) is 10.0. The van der Waals surface area contributed by atoms with E-state index in [1.807, 2.05) is 16.8 Å². The minimum Gasteiger partial charge on any atom is -0.357 e. The molecule has 0 unspecified atom stereocenters. The number of hydrogen-bond donors (Lipinski definition) is 0. The topological polar surface area (TPSA) is 59.2 Å². The molecule has 0 aromatic carbocycles. The lowest BCUT2D eigenvalue weighted by molar-refractivity contribution is 0.565. The van der Waals surface area contributed by atoms with Crippen LogP contribution in [0.2, 0.25) is 0 Å². The molecule has 0 amide bonds. The van der Waals surface area contributed by atoms with Crippen molar-refractivity contribution in [2.45, 2.75) is 58.3 Å². The van der Waals surface area contributed by atoms with Gasteiger partial charge < -0.3 is 9.30 Å². The van der Waals surface area contributed by atoms with Crippen LogP contribution in [0.25, 0.3) is 5.65 Å². The summed E-state index contributed by atoms with van der Waals surface area (Å²) >= 11 is 0. The first kappa shape index (κ1) is 21.6. The predicted molar refractivity (Wildman–Crippen MR) is 132 cm³/mol. The van der Waals surface area contributed by atoms with Crippen LogP contribution in [-0.2, 0) is 18.3 Å². The van der Waals surface area contributed by atoms with Gasteiger partial charge in [-0.05, 0) is 49.1 Å². The quantitative estimate of drug-likeness (QED) is 0.438. The number of imidazole rings is 1. The van der Waals surface area contributed by atoms with Crippen molar-refractivity contribution < 1.29 is 0 Å². The molecule has 4 aromatic heterocycles. The summed E-state index contributed by atoms with van der Waals surface area (Å²) in [5.41, 5.74) is 5.34. The van der Waals surface area contributed by atoms with E-state index in [2.05, 4.69) is 73.3 Å². The highest BCUT2D eigenvalue weighted by molar-refractivity contribution is 5.45. The third-order valence-electron chi connectivity index (χ3n) is 6.25. The molecule has 0 saturated carbocycles. The predicted octanol–water partition coefficient (Wildman–Crippen LogP) is 4.99. The van der Waals surface area contributed by atoms with Crippen molar-refractivity contribution in [1.82, 2.24) is 24.3 Å². The van der Waals surface area contributed by atoms with Crippen molar-refractivity contribution in [2.24, 2.45) is 0 Å². The molecule has 1 saturated heterocycles. The maximum atomic E-state index is 4.99. The van der Waals surface area contributed by atoms with E-state index in [-0.39, 0.29) is 5.41 Å². The molecule has 0 atom stereocenters. The van der Waals surface area contributed by atoms with Crippen LogP contribution in [0, 0.1) is 0 Å². The van der Waals surface area contributed by atoms with Gasteiger partial charge >= 0.3 is 0 Å².